The largest absolute Gasteiger partial charge is 0.340 e. The molecule has 1 amide bonds. The van der Waals surface area contributed by atoms with Crippen molar-refractivity contribution in [2.75, 3.05) is 32.7 Å². The first kappa shape index (κ1) is 14.9. The molecule has 0 radical (unpaired) electrons. The Balaban J connectivity index is 2.26. The number of rotatable bonds is 5. The van der Waals surface area contributed by atoms with Gasteiger partial charge in [-0.25, -0.2) is 0 Å². The Morgan fingerprint density at radius 2 is 1.94 bits per heavy atom. The highest BCUT2D eigenvalue weighted by Gasteiger charge is 2.22. The lowest BCUT2D eigenvalue weighted by Gasteiger charge is -2.34. The van der Waals surface area contributed by atoms with Gasteiger partial charge in [-0.05, 0) is 20.3 Å². The van der Waals surface area contributed by atoms with Crippen LogP contribution in [-0.4, -0.2) is 54.0 Å². The number of hydrogen-bond acceptors (Lipinski definition) is 4. The second-order valence-corrected chi connectivity index (χ2v) is 5.62. The molecule has 1 rings (SSSR count). The minimum absolute atomic E-state index is 0.202. The van der Waals surface area contributed by atoms with Crippen LogP contribution in [0.25, 0.3) is 0 Å². The van der Waals surface area contributed by atoms with Crippen molar-refractivity contribution >= 4 is 5.91 Å². The van der Waals surface area contributed by atoms with Gasteiger partial charge in [0.2, 0.25) is 5.91 Å². The molecule has 18 heavy (non-hydrogen) atoms. The summed E-state index contributed by atoms with van der Waals surface area (Å²) in [6.45, 7) is 8.00. The minimum Gasteiger partial charge on any atom is -0.340 e. The maximum atomic E-state index is 12.0. The van der Waals surface area contributed by atoms with Crippen LogP contribution in [0.3, 0.4) is 0 Å². The van der Waals surface area contributed by atoms with E-state index in [-0.39, 0.29) is 11.4 Å². The standard InChI is InChI=1S/C13H24N4O/c1-13(2,15)5-4-12(18)17-10-8-16(9-11-17)7-3-6-14/h3-5,7-11,15H2,1-2H3. The maximum Gasteiger partial charge on any atom is 0.222 e. The van der Waals surface area contributed by atoms with Crippen molar-refractivity contribution in [2.24, 2.45) is 5.73 Å². The molecule has 0 aromatic carbocycles. The van der Waals surface area contributed by atoms with Crippen molar-refractivity contribution in [2.45, 2.75) is 38.6 Å². The molecule has 2 N–H and O–H groups in total. The van der Waals surface area contributed by atoms with E-state index in [1.54, 1.807) is 0 Å². The van der Waals surface area contributed by atoms with Gasteiger partial charge in [0, 0.05) is 51.1 Å². The number of nitrogens with zero attached hydrogens (tertiary/aromatic N) is 3. The van der Waals surface area contributed by atoms with Crippen molar-refractivity contribution in [1.29, 1.82) is 5.26 Å². The SMILES string of the molecule is CC(C)(N)CCC(=O)N1CCN(CCC#N)CC1. The summed E-state index contributed by atoms with van der Waals surface area (Å²) in [4.78, 5) is 16.1. The molecule has 0 aromatic rings. The number of nitrogens with two attached hydrogens (primary N) is 1. The molecule has 0 atom stereocenters. The van der Waals surface area contributed by atoms with Crippen molar-refractivity contribution in [1.82, 2.24) is 9.80 Å². The Morgan fingerprint density at radius 3 is 2.44 bits per heavy atom. The van der Waals surface area contributed by atoms with Gasteiger partial charge in [0.1, 0.15) is 0 Å². The van der Waals surface area contributed by atoms with Crippen LogP contribution in [0, 0.1) is 11.3 Å². The molecule has 0 aliphatic carbocycles. The highest BCUT2D eigenvalue weighted by molar-refractivity contribution is 5.76. The molecule has 0 spiro atoms. The monoisotopic (exact) mass is 252 g/mol. The molecule has 0 aromatic heterocycles. The van der Waals surface area contributed by atoms with Crippen LogP contribution in [-0.2, 0) is 4.79 Å². The van der Waals surface area contributed by atoms with Crippen LogP contribution < -0.4 is 5.73 Å². The van der Waals surface area contributed by atoms with E-state index < -0.39 is 0 Å². The number of carbonyl (C=O) groups excluding carboxylic acids is 1. The second kappa shape index (κ2) is 6.72. The zero-order valence-corrected chi connectivity index (χ0v) is 11.5. The minimum atomic E-state index is -0.274. The lowest BCUT2D eigenvalue weighted by atomic mass is 9.99. The highest BCUT2D eigenvalue weighted by atomic mass is 16.2. The van der Waals surface area contributed by atoms with Crippen LogP contribution in [0.4, 0.5) is 0 Å². The molecule has 1 saturated heterocycles. The third-order valence-electron chi connectivity index (χ3n) is 3.25. The zero-order chi connectivity index (χ0) is 13.6. The summed E-state index contributed by atoms with van der Waals surface area (Å²) >= 11 is 0. The van der Waals surface area contributed by atoms with E-state index in [4.69, 9.17) is 11.0 Å². The summed E-state index contributed by atoms with van der Waals surface area (Å²) in [6, 6.07) is 2.15. The number of hydrogen-bond donors (Lipinski definition) is 1. The first-order valence-electron chi connectivity index (χ1n) is 6.58. The van der Waals surface area contributed by atoms with Gasteiger partial charge in [0.05, 0.1) is 6.07 Å². The third-order valence-corrected chi connectivity index (χ3v) is 3.25. The molecule has 1 fully saturated rings. The summed E-state index contributed by atoms with van der Waals surface area (Å²) < 4.78 is 0. The van der Waals surface area contributed by atoms with Crippen LogP contribution in [0.1, 0.15) is 33.1 Å². The van der Waals surface area contributed by atoms with Crippen molar-refractivity contribution in [3.8, 4) is 6.07 Å². The summed E-state index contributed by atoms with van der Waals surface area (Å²) in [6.07, 6.45) is 1.82. The number of nitriles is 1. The molecule has 5 nitrogen and oxygen atoms in total. The quantitative estimate of drug-likeness (QED) is 0.776. The van der Waals surface area contributed by atoms with Gasteiger partial charge in [0.25, 0.3) is 0 Å². The number of carbonyl (C=O) groups is 1. The summed E-state index contributed by atoms with van der Waals surface area (Å²) in [5.74, 6) is 0.202. The molecule has 1 aliphatic rings. The molecule has 1 aliphatic heterocycles. The van der Waals surface area contributed by atoms with Gasteiger partial charge in [-0.2, -0.15) is 5.26 Å². The molecule has 5 heteroatoms. The molecular weight excluding hydrogens is 228 g/mol. The molecule has 0 saturated carbocycles. The number of amides is 1. The van der Waals surface area contributed by atoms with Gasteiger partial charge in [-0.1, -0.05) is 0 Å². The molecule has 0 unspecified atom stereocenters. The van der Waals surface area contributed by atoms with Crippen LogP contribution in [0.5, 0.6) is 0 Å². The third kappa shape index (κ3) is 5.48. The molecule has 0 bridgehead atoms. The first-order valence-corrected chi connectivity index (χ1v) is 6.58. The fraction of sp³-hybridized carbons (Fsp3) is 0.846. The van der Waals surface area contributed by atoms with E-state index in [1.165, 1.54) is 0 Å². The van der Waals surface area contributed by atoms with Gasteiger partial charge in [-0.15, -0.1) is 0 Å². The van der Waals surface area contributed by atoms with E-state index in [9.17, 15) is 4.79 Å². The smallest absolute Gasteiger partial charge is 0.222 e. The van der Waals surface area contributed by atoms with E-state index in [1.807, 2.05) is 18.7 Å². The number of piperazine rings is 1. The van der Waals surface area contributed by atoms with Crippen molar-refractivity contribution in [3.63, 3.8) is 0 Å². The van der Waals surface area contributed by atoms with Gasteiger partial charge < -0.3 is 10.6 Å². The van der Waals surface area contributed by atoms with E-state index in [0.717, 1.165) is 39.1 Å². The van der Waals surface area contributed by atoms with E-state index >= 15 is 0 Å². The Morgan fingerprint density at radius 1 is 1.33 bits per heavy atom. The van der Waals surface area contributed by atoms with E-state index in [0.29, 0.717) is 12.8 Å². The average Bonchev–Trinajstić information content (AvgIpc) is 2.33. The summed E-state index contributed by atoms with van der Waals surface area (Å²) in [7, 11) is 0. The predicted molar refractivity (Wildman–Crippen MR) is 70.8 cm³/mol. The first-order chi connectivity index (χ1) is 8.42. The van der Waals surface area contributed by atoms with Crippen molar-refractivity contribution in [3.05, 3.63) is 0 Å². The highest BCUT2D eigenvalue weighted by Crippen LogP contribution is 2.11. The van der Waals surface area contributed by atoms with Crippen LogP contribution >= 0.6 is 0 Å². The Bertz CT molecular complexity index is 308. The maximum absolute atomic E-state index is 12.0. The van der Waals surface area contributed by atoms with E-state index in [2.05, 4.69) is 11.0 Å². The normalized spacial score (nSPS) is 17.6. The molecule has 102 valence electrons. The summed E-state index contributed by atoms with van der Waals surface area (Å²) in [5.41, 5.74) is 5.61. The Kier molecular flexibility index (Phi) is 5.57. The van der Waals surface area contributed by atoms with Gasteiger partial charge in [-0.3, -0.25) is 9.69 Å². The lowest BCUT2D eigenvalue weighted by molar-refractivity contribution is -0.133. The van der Waals surface area contributed by atoms with Crippen LogP contribution in [0.2, 0.25) is 0 Å². The fourth-order valence-corrected chi connectivity index (χ4v) is 2.02. The average molecular weight is 252 g/mol. The lowest BCUT2D eigenvalue weighted by Crippen LogP contribution is -2.49. The van der Waals surface area contributed by atoms with Crippen molar-refractivity contribution < 1.29 is 4.79 Å². The topological polar surface area (TPSA) is 73.4 Å². The second-order valence-electron chi connectivity index (χ2n) is 5.62. The zero-order valence-electron chi connectivity index (χ0n) is 11.5. The van der Waals surface area contributed by atoms with Gasteiger partial charge in [0.15, 0.2) is 0 Å². The Labute approximate surface area is 110 Å². The van der Waals surface area contributed by atoms with Crippen LogP contribution in [0.15, 0.2) is 0 Å². The van der Waals surface area contributed by atoms with Gasteiger partial charge >= 0.3 is 0 Å². The summed E-state index contributed by atoms with van der Waals surface area (Å²) in [5, 5.41) is 8.53. The Hall–Kier alpha value is -1.12. The predicted octanol–water partition coefficient (Wildman–Crippen LogP) is 0.562. The molecule has 1 heterocycles. The fourth-order valence-electron chi connectivity index (χ4n) is 2.02. The molecular formula is C13H24N4O.